The van der Waals surface area contributed by atoms with Crippen molar-refractivity contribution in [2.24, 2.45) is 0 Å². The number of halogens is 5. The van der Waals surface area contributed by atoms with Gasteiger partial charge in [-0.15, -0.1) is 0 Å². The molecule has 0 aliphatic carbocycles. The highest BCUT2D eigenvalue weighted by Gasteiger charge is 2.33. The zero-order valence-corrected chi connectivity index (χ0v) is 14.8. The molecule has 5 nitrogen and oxygen atoms in total. The number of nitriles is 1. The van der Waals surface area contributed by atoms with Crippen molar-refractivity contribution in [3.8, 4) is 11.8 Å². The summed E-state index contributed by atoms with van der Waals surface area (Å²) in [4.78, 5) is 0.743. The molecule has 0 saturated heterocycles. The third kappa shape index (κ3) is 3.65. The molecule has 3 rings (SSSR count). The van der Waals surface area contributed by atoms with Crippen LogP contribution in [0.4, 0.5) is 28.9 Å². The summed E-state index contributed by atoms with van der Waals surface area (Å²) in [6, 6.07) is 5.87. The van der Waals surface area contributed by atoms with Gasteiger partial charge in [0.1, 0.15) is 24.1 Å². The van der Waals surface area contributed by atoms with E-state index in [0.29, 0.717) is 12.1 Å². The minimum Gasteiger partial charge on any atom is -0.489 e. The lowest BCUT2D eigenvalue weighted by Gasteiger charge is -2.32. The Kier molecular flexibility index (Phi) is 4.69. The Labute approximate surface area is 155 Å². The van der Waals surface area contributed by atoms with E-state index in [1.54, 1.807) is 6.07 Å². The maximum absolute atomic E-state index is 14.6. The van der Waals surface area contributed by atoms with Crippen LogP contribution in [0.1, 0.15) is 11.1 Å². The fraction of sp³-hybridized carbons (Fsp3) is 0.188. The first-order valence-corrected chi connectivity index (χ1v) is 9.63. The molecule has 1 aliphatic heterocycles. The largest absolute Gasteiger partial charge is 0.489 e. The SMILES string of the molecule is N#Cc1cc(C(F)(F)F)ccc1N1CCOc2cc(S(=O)(=O)Cl)cc(F)c21. The van der Waals surface area contributed by atoms with Crippen LogP contribution in [0.2, 0.25) is 0 Å². The van der Waals surface area contributed by atoms with Gasteiger partial charge in [0.15, 0.2) is 5.82 Å². The van der Waals surface area contributed by atoms with Gasteiger partial charge in [0.2, 0.25) is 0 Å². The fourth-order valence-corrected chi connectivity index (χ4v) is 3.46. The van der Waals surface area contributed by atoms with Crippen LogP contribution in [0.5, 0.6) is 5.75 Å². The number of fused-ring (bicyclic) bond motifs is 1. The van der Waals surface area contributed by atoms with Crippen LogP contribution in [-0.2, 0) is 15.2 Å². The summed E-state index contributed by atoms with van der Waals surface area (Å²) in [7, 11) is 1.00. The fourth-order valence-electron chi connectivity index (χ4n) is 2.70. The number of alkyl halides is 3. The topological polar surface area (TPSA) is 70.4 Å². The van der Waals surface area contributed by atoms with E-state index in [0.717, 1.165) is 18.2 Å². The monoisotopic (exact) mass is 420 g/mol. The maximum atomic E-state index is 14.6. The van der Waals surface area contributed by atoms with Crippen molar-refractivity contribution in [2.75, 3.05) is 18.1 Å². The Bertz CT molecular complexity index is 1060. The van der Waals surface area contributed by atoms with Gasteiger partial charge in [0.25, 0.3) is 9.05 Å². The molecule has 0 amide bonds. The van der Waals surface area contributed by atoms with Crippen molar-refractivity contribution in [1.29, 1.82) is 5.26 Å². The van der Waals surface area contributed by atoms with E-state index in [-0.39, 0.29) is 35.8 Å². The van der Waals surface area contributed by atoms with Gasteiger partial charge in [-0.1, -0.05) is 0 Å². The number of anilines is 2. The minimum absolute atomic E-state index is 0.00980. The minimum atomic E-state index is -4.64. The van der Waals surface area contributed by atoms with Gasteiger partial charge in [-0.25, -0.2) is 12.8 Å². The Hall–Kier alpha value is -2.51. The van der Waals surface area contributed by atoms with Crippen molar-refractivity contribution < 1.29 is 30.7 Å². The number of hydrogen-bond acceptors (Lipinski definition) is 5. The van der Waals surface area contributed by atoms with Crippen LogP contribution in [0.3, 0.4) is 0 Å². The number of benzene rings is 2. The highest BCUT2D eigenvalue weighted by Crippen LogP contribution is 2.42. The molecule has 0 N–H and O–H groups in total. The zero-order chi connectivity index (χ0) is 20.0. The highest BCUT2D eigenvalue weighted by molar-refractivity contribution is 8.13. The van der Waals surface area contributed by atoms with Crippen LogP contribution in [0.25, 0.3) is 0 Å². The summed E-state index contributed by atoms with van der Waals surface area (Å²) in [5.41, 5.74) is -1.48. The predicted molar refractivity (Wildman–Crippen MR) is 88.1 cm³/mol. The number of nitrogens with zero attached hydrogens (tertiary/aromatic N) is 2. The van der Waals surface area contributed by atoms with Crippen molar-refractivity contribution in [3.05, 3.63) is 47.3 Å². The van der Waals surface area contributed by atoms with Crippen molar-refractivity contribution >= 4 is 31.1 Å². The van der Waals surface area contributed by atoms with Crippen LogP contribution >= 0.6 is 10.7 Å². The first-order valence-electron chi connectivity index (χ1n) is 7.32. The summed E-state index contributed by atoms with van der Waals surface area (Å²) >= 11 is 0. The third-order valence-electron chi connectivity index (χ3n) is 3.86. The molecule has 0 bridgehead atoms. The molecule has 2 aromatic rings. The summed E-state index contributed by atoms with van der Waals surface area (Å²) in [5.74, 6) is -1.15. The summed E-state index contributed by atoms with van der Waals surface area (Å²) in [6.07, 6.45) is -4.64. The molecule has 0 aromatic heterocycles. The normalized spacial score (nSPS) is 14.3. The smallest absolute Gasteiger partial charge is 0.416 e. The van der Waals surface area contributed by atoms with Gasteiger partial charge in [-0.3, -0.25) is 0 Å². The molecule has 0 radical (unpaired) electrons. The zero-order valence-electron chi connectivity index (χ0n) is 13.2. The summed E-state index contributed by atoms with van der Waals surface area (Å²) in [5, 5.41) is 9.24. The highest BCUT2D eigenvalue weighted by atomic mass is 35.7. The Morgan fingerprint density at radius 3 is 2.52 bits per heavy atom. The molecule has 0 saturated carbocycles. The van der Waals surface area contributed by atoms with E-state index in [4.69, 9.17) is 15.4 Å². The summed E-state index contributed by atoms with van der Waals surface area (Å²) in [6.45, 7) is 0.0288. The molecule has 1 heterocycles. The molecule has 11 heteroatoms. The van der Waals surface area contributed by atoms with E-state index in [2.05, 4.69) is 0 Å². The molecular formula is C16H9ClF4N2O3S. The number of ether oxygens (including phenoxy) is 1. The first kappa shape index (κ1) is 19.3. The van der Waals surface area contributed by atoms with Gasteiger partial charge in [0.05, 0.1) is 28.3 Å². The van der Waals surface area contributed by atoms with Crippen LogP contribution in [0, 0.1) is 17.1 Å². The quantitative estimate of drug-likeness (QED) is 0.538. The Balaban J connectivity index is 2.16. The second-order valence-corrected chi connectivity index (χ2v) is 8.10. The maximum Gasteiger partial charge on any atom is 0.416 e. The predicted octanol–water partition coefficient (Wildman–Crippen LogP) is 4.17. The molecule has 0 atom stereocenters. The number of hydrogen-bond donors (Lipinski definition) is 0. The second-order valence-electron chi connectivity index (χ2n) is 5.53. The van der Waals surface area contributed by atoms with Gasteiger partial charge in [-0.05, 0) is 24.3 Å². The van der Waals surface area contributed by atoms with E-state index >= 15 is 0 Å². The van der Waals surface area contributed by atoms with Gasteiger partial charge in [0, 0.05) is 16.7 Å². The lowest BCUT2D eigenvalue weighted by molar-refractivity contribution is -0.137. The molecular weight excluding hydrogens is 412 g/mol. The average Bonchev–Trinajstić information content (AvgIpc) is 2.59. The Morgan fingerprint density at radius 2 is 1.93 bits per heavy atom. The van der Waals surface area contributed by atoms with E-state index < -0.39 is 31.5 Å². The molecule has 27 heavy (non-hydrogen) atoms. The summed E-state index contributed by atoms with van der Waals surface area (Å²) < 4.78 is 81.3. The van der Waals surface area contributed by atoms with E-state index in [1.165, 1.54) is 4.90 Å². The molecule has 0 spiro atoms. The van der Waals surface area contributed by atoms with Crippen molar-refractivity contribution in [2.45, 2.75) is 11.1 Å². The van der Waals surface area contributed by atoms with Gasteiger partial charge >= 0.3 is 6.18 Å². The van der Waals surface area contributed by atoms with Crippen molar-refractivity contribution in [3.63, 3.8) is 0 Å². The van der Waals surface area contributed by atoms with E-state index in [1.807, 2.05) is 0 Å². The van der Waals surface area contributed by atoms with Gasteiger partial charge in [-0.2, -0.15) is 18.4 Å². The molecule has 142 valence electrons. The van der Waals surface area contributed by atoms with Crippen molar-refractivity contribution in [1.82, 2.24) is 0 Å². The lowest BCUT2D eigenvalue weighted by atomic mass is 10.1. The van der Waals surface area contributed by atoms with E-state index in [9.17, 15) is 31.2 Å². The second kappa shape index (κ2) is 6.58. The lowest BCUT2D eigenvalue weighted by Crippen LogP contribution is -2.30. The van der Waals surface area contributed by atoms with Crippen LogP contribution in [0.15, 0.2) is 35.2 Å². The van der Waals surface area contributed by atoms with Crippen LogP contribution in [-0.4, -0.2) is 21.6 Å². The molecule has 1 aliphatic rings. The first-order chi connectivity index (χ1) is 12.5. The molecule has 0 unspecified atom stereocenters. The number of rotatable bonds is 2. The van der Waals surface area contributed by atoms with Gasteiger partial charge < -0.3 is 9.64 Å². The standard InChI is InChI=1S/C16H9ClF4N2O3S/c17-27(24,25)11-6-12(18)15-14(7-11)26-4-3-23(15)13-2-1-10(16(19,20)21)5-9(13)8-22/h1-2,5-7H,3-4H2. The average molecular weight is 421 g/mol. The Morgan fingerprint density at radius 1 is 1.22 bits per heavy atom. The van der Waals surface area contributed by atoms with Crippen LogP contribution < -0.4 is 9.64 Å². The third-order valence-corrected chi connectivity index (χ3v) is 5.19. The molecule has 2 aromatic carbocycles. The molecule has 0 fully saturated rings.